The monoisotopic (exact) mass is 259 g/mol. The molecule has 0 saturated heterocycles. The van der Waals surface area contributed by atoms with Crippen molar-refractivity contribution in [1.82, 2.24) is 0 Å². The Hall–Kier alpha value is -1.27. The Morgan fingerprint density at radius 2 is 1.59 bits per heavy atom. The first kappa shape index (κ1) is 13.8. The van der Waals surface area contributed by atoms with E-state index < -0.39 is 47.3 Å². The van der Waals surface area contributed by atoms with E-state index in [-0.39, 0.29) is 0 Å². The van der Waals surface area contributed by atoms with Gasteiger partial charge in [-0.15, -0.1) is 0 Å². The molecule has 1 unspecified atom stereocenters. The minimum absolute atomic E-state index is 0.707. The van der Waals surface area contributed by atoms with Crippen LogP contribution in [0.1, 0.15) is 18.9 Å². The standard InChI is InChI=1S/C10H6F7/c1-2-6(12)10(16,17)4-3-5(11)8(14)9(15)7(4)13/h6H,2H2,1H3. The zero-order chi connectivity index (χ0) is 13.4. The van der Waals surface area contributed by atoms with Crippen LogP contribution in [0.3, 0.4) is 0 Å². The van der Waals surface area contributed by atoms with E-state index in [4.69, 9.17) is 0 Å². The molecule has 0 heterocycles. The lowest BCUT2D eigenvalue weighted by Crippen LogP contribution is -2.29. The molecule has 0 spiro atoms. The summed E-state index contributed by atoms with van der Waals surface area (Å²) in [6.45, 7) is 1.03. The van der Waals surface area contributed by atoms with Gasteiger partial charge in [0.1, 0.15) is 0 Å². The number of hydrogen-bond acceptors (Lipinski definition) is 0. The molecule has 0 aliphatic heterocycles. The molecule has 0 amide bonds. The molecule has 1 aromatic carbocycles. The maximum absolute atomic E-state index is 13.2. The third-order valence-corrected chi connectivity index (χ3v) is 2.12. The van der Waals surface area contributed by atoms with E-state index in [0.717, 1.165) is 13.0 Å². The minimum Gasteiger partial charge on any atom is -0.240 e. The summed E-state index contributed by atoms with van der Waals surface area (Å²) in [7, 11) is 0. The van der Waals surface area contributed by atoms with Crippen molar-refractivity contribution in [3.8, 4) is 0 Å². The average Bonchev–Trinajstić information content (AvgIpc) is 2.29. The van der Waals surface area contributed by atoms with Crippen LogP contribution in [0.15, 0.2) is 0 Å². The fourth-order valence-corrected chi connectivity index (χ4v) is 1.16. The van der Waals surface area contributed by atoms with Crippen LogP contribution in [0.4, 0.5) is 30.7 Å². The number of alkyl halides is 3. The molecule has 0 saturated carbocycles. The van der Waals surface area contributed by atoms with Gasteiger partial charge >= 0.3 is 5.92 Å². The minimum atomic E-state index is -4.48. The Bertz CT molecular complexity index is 427. The lowest BCUT2D eigenvalue weighted by Gasteiger charge is -2.20. The average molecular weight is 259 g/mol. The molecule has 0 bridgehead atoms. The first-order valence-electron chi connectivity index (χ1n) is 4.51. The van der Waals surface area contributed by atoms with Crippen LogP contribution in [-0.4, -0.2) is 6.17 Å². The van der Waals surface area contributed by atoms with Crippen LogP contribution < -0.4 is 0 Å². The number of hydrogen-bond donors (Lipinski definition) is 0. The van der Waals surface area contributed by atoms with Crippen molar-refractivity contribution >= 4 is 0 Å². The zero-order valence-electron chi connectivity index (χ0n) is 8.43. The lowest BCUT2D eigenvalue weighted by molar-refractivity contribution is -0.0833. The molecule has 1 radical (unpaired) electrons. The fraction of sp³-hybridized carbons (Fsp3) is 0.400. The van der Waals surface area contributed by atoms with Gasteiger partial charge in [0, 0.05) is 6.07 Å². The van der Waals surface area contributed by atoms with Crippen molar-refractivity contribution < 1.29 is 30.7 Å². The van der Waals surface area contributed by atoms with Gasteiger partial charge in [-0.25, -0.2) is 22.0 Å². The molecule has 1 atom stereocenters. The largest absolute Gasteiger partial charge is 0.307 e. The summed E-state index contributed by atoms with van der Waals surface area (Å²) >= 11 is 0. The van der Waals surface area contributed by atoms with Crippen LogP contribution in [0.25, 0.3) is 0 Å². The van der Waals surface area contributed by atoms with Gasteiger partial charge in [-0.05, 0) is 6.42 Å². The second kappa shape index (κ2) is 4.54. The second-order valence-corrected chi connectivity index (χ2v) is 3.25. The van der Waals surface area contributed by atoms with Crippen LogP contribution in [-0.2, 0) is 5.92 Å². The Morgan fingerprint density at radius 1 is 1.06 bits per heavy atom. The van der Waals surface area contributed by atoms with E-state index in [1.54, 1.807) is 0 Å². The molecular formula is C10H6F7. The predicted octanol–water partition coefficient (Wildman–Crippen LogP) is 3.88. The first-order valence-corrected chi connectivity index (χ1v) is 4.51. The van der Waals surface area contributed by atoms with Crippen molar-refractivity contribution in [3.05, 3.63) is 34.9 Å². The van der Waals surface area contributed by atoms with Gasteiger partial charge in [0.2, 0.25) is 0 Å². The summed E-state index contributed by atoms with van der Waals surface area (Å²) in [5, 5.41) is 0. The molecule has 1 rings (SSSR count). The molecule has 0 aliphatic rings. The molecule has 0 N–H and O–H groups in total. The third kappa shape index (κ3) is 2.23. The van der Waals surface area contributed by atoms with Crippen LogP contribution in [0, 0.1) is 29.3 Å². The van der Waals surface area contributed by atoms with Crippen molar-refractivity contribution in [3.63, 3.8) is 0 Å². The SMILES string of the molecule is CCC(F)C(F)(F)c1[c]c(F)c(F)c(F)c1F. The molecule has 0 nitrogen and oxygen atoms in total. The van der Waals surface area contributed by atoms with E-state index in [1.807, 2.05) is 0 Å². The highest BCUT2D eigenvalue weighted by molar-refractivity contribution is 5.25. The van der Waals surface area contributed by atoms with E-state index in [0.29, 0.717) is 0 Å². The van der Waals surface area contributed by atoms with Gasteiger partial charge in [0.25, 0.3) is 0 Å². The normalized spacial score (nSPS) is 13.9. The smallest absolute Gasteiger partial charge is 0.240 e. The highest BCUT2D eigenvalue weighted by Crippen LogP contribution is 2.37. The van der Waals surface area contributed by atoms with Gasteiger partial charge in [-0.3, -0.25) is 0 Å². The van der Waals surface area contributed by atoms with Gasteiger partial charge in [-0.2, -0.15) is 8.78 Å². The van der Waals surface area contributed by atoms with E-state index in [1.165, 1.54) is 0 Å². The number of halogens is 7. The lowest BCUT2D eigenvalue weighted by atomic mass is 10.0. The van der Waals surface area contributed by atoms with Gasteiger partial charge in [-0.1, -0.05) is 6.92 Å². The van der Waals surface area contributed by atoms with Crippen molar-refractivity contribution in [1.29, 1.82) is 0 Å². The molecule has 0 fully saturated rings. The summed E-state index contributed by atoms with van der Waals surface area (Å²) in [6.07, 6.45) is -3.56. The van der Waals surface area contributed by atoms with Crippen LogP contribution in [0.5, 0.6) is 0 Å². The van der Waals surface area contributed by atoms with Crippen molar-refractivity contribution in [2.45, 2.75) is 25.4 Å². The summed E-state index contributed by atoms with van der Waals surface area (Å²) in [6, 6.07) is 0.994. The van der Waals surface area contributed by atoms with E-state index in [9.17, 15) is 30.7 Å². The van der Waals surface area contributed by atoms with Crippen molar-refractivity contribution in [2.24, 2.45) is 0 Å². The third-order valence-electron chi connectivity index (χ3n) is 2.12. The first-order chi connectivity index (χ1) is 7.73. The highest BCUT2D eigenvalue weighted by atomic mass is 19.3. The zero-order valence-corrected chi connectivity index (χ0v) is 8.43. The van der Waals surface area contributed by atoms with Crippen LogP contribution >= 0.6 is 0 Å². The van der Waals surface area contributed by atoms with Gasteiger partial charge in [0.05, 0.1) is 5.56 Å². The Kier molecular flexibility index (Phi) is 3.68. The molecule has 17 heavy (non-hydrogen) atoms. The Balaban J connectivity index is 3.42. The summed E-state index contributed by atoms with van der Waals surface area (Å²) in [5.74, 6) is -13.6. The molecule has 95 valence electrons. The molecule has 7 heteroatoms. The second-order valence-electron chi connectivity index (χ2n) is 3.25. The van der Waals surface area contributed by atoms with Gasteiger partial charge < -0.3 is 0 Å². The summed E-state index contributed by atoms with van der Waals surface area (Å²) < 4.78 is 90.0. The topological polar surface area (TPSA) is 0 Å². The Labute approximate surface area is 92.0 Å². The number of benzene rings is 1. The molecule has 0 aromatic heterocycles. The van der Waals surface area contributed by atoms with Gasteiger partial charge in [0.15, 0.2) is 29.4 Å². The maximum atomic E-state index is 13.2. The summed E-state index contributed by atoms with van der Waals surface area (Å²) in [5.41, 5.74) is -1.96. The van der Waals surface area contributed by atoms with Crippen LogP contribution in [0.2, 0.25) is 0 Å². The highest BCUT2D eigenvalue weighted by Gasteiger charge is 2.45. The molecule has 0 aliphatic carbocycles. The molecular weight excluding hydrogens is 253 g/mol. The van der Waals surface area contributed by atoms with E-state index in [2.05, 4.69) is 0 Å². The van der Waals surface area contributed by atoms with E-state index >= 15 is 0 Å². The molecule has 1 aromatic rings. The summed E-state index contributed by atoms with van der Waals surface area (Å²) in [4.78, 5) is 0. The number of rotatable bonds is 3. The predicted molar refractivity (Wildman–Crippen MR) is 44.2 cm³/mol. The maximum Gasteiger partial charge on any atom is 0.307 e. The Morgan fingerprint density at radius 3 is 2.06 bits per heavy atom. The quantitative estimate of drug-likeness (QED) is 0.439. The fourth-order valence-electron chi connectivity index (χ4n) is 1.16. The van der Waals surface area contributed by atoms with Crippen molar-refractivity contribution in [2.75, 3.05) is 0 Å².